The lowest BCUT2D eigenvalue weighted by molar-refractivity contribution is -0.379. The molecule has 3 fully saturated rings. The van der Waals surface area contributed by atoms with Crippen LogP contribution < -0.4 is 5.32 Å². The van der Waals surface area contributed by atoms with E-state index in [1.54, 1.807) is 6.08 Å². The van der Waals surface area contributed by atoms with Crippen LogP contribution in [0.4, 0.5) is 0 Å². The maximum absolute atomic E-state index is 13.5. The van der Waals surface area contributed by atoms with Crippen molar-refractivity contribution in [2.75, 3.05) is 26.4 Å². The molecule has 0 aromatic heterocycles. The normalized spacial score (nSPS) is 26.8. The van der Waals surface area contributed by atoms with Crippen molar-refractivity contribution >= 4 is 5.91 Å². The Morgan fingerprint density at radius 1 is 0.363 bits per heavy atom. The Morgan fingerprint density at radius 2 is 0.686 bits per heavy atom. The number of nitrogens with one attached hydrogen (secondary N) is 1. The Kier molecular flexibility index (Phi) is 56.8. The van der Waals surface area contributed by atoms with Crippen LogP contribution in [0.15, 0.2) is 109 Å². The minimum atomic E-state index is -1.99. The molecule has 3 rings (SSSR count). The first-order chi connectivity index (χ1) is 49.8. The van der Waals surface area contributed by atoms with Crippen LogP contribution in [0.5, 0.6) is 0 Å². The number of rotatable bonds is 62. The molecule has 0 spiro atoms. The molecule has 0 bridgehead atoms. The highest BCUT2D eigenvalue weighted by atomic mass is 16.8. The van der Waals surface area contributed by atoms with Crippen LogP contribution >= 0.6 is 0 Å². The van der Waals surface area contributed by atoms with Crippen LogP contribution in [-0.2, 0) is 33.2 Å². The van der Waals surface area contributed by atoms with E-state index in [0.29, 0.717) is 12.8 Å². The van der Waals surface area contributed by atoms with Gasteiger partial charge in [-0.2, -0.15) is 0 Å². The molecule has 17 unspecified atom stereocenters. The summed E-state index contributed by atoms with van der Waals surface area (Å²) in [5, 5.41) is 121. The molecular formula is C83H143NO18. The summed E-state index contributed by atoms with van der Waals surface area (Å²) in [7, 11) is 0. The monoisotopic (exact) mass is 1440 g/mol. The Balaban J connectivity index is 1.40. The van der Waals surface area contributed by atoms with Gasteiger partial charge in [-0.3, -0.25) is 4.79 Å². The average molecular weight is 1440 g/mol. The van der Waals surface area contributed by atoms with Crippen molar-refractivity contribution in [2.24, 2.45) is 0 Å². The maximum Gasteiger partial charge on any atom is 0.220 e. The van der Waals surface area contributed by atoms with Crippen LogP contribution in [0.2, 0.25) is 0 Å². The molecule has 3 aliphatic rings. The number of unbranched alkanes of at least 4 members (excludes halogenated alkanes) is 30. The summed E-state index contributed by atoms with van der Waals surface area (Å²) in [5.74, 6) is -0.294. The summed E-state index contributed by atoms with van der Waals surface area (Å²) in [6.45, 7) is 1.61. The summed E-state index contributed by atoms with van der Waals surface area (Å²) in [6, 6.07) is -1.01. The molecule has 1 amide bonds. The number of hydrogen-bond donors (Lipinski definition) is 12. The zero-order valence-electron chi connectivity index (χ0n) is 62.8. The lowest BCUT2D eigenvalue weighted by atomic mass is 9.96. The summed E-state index contributed by atoms with van der Waals surface area (Å²) in [5.41, 5.74) is 0. The zero-order valence-corrected chi connectivity index (χ0v) is 62.8. The summed E-state index contributed by atoms with van der Waals surface area (Å²) in [4.78, 5) is 13.5. The highest BCUT2D eigenvalue weighted by molar-refractivity contribution is 5.76. The van der Waals surface area contributed by atoms with E-state index in [4.69, 9.17) is 28.4 Å². The van der Waals surface area contributed by atoms with Crippen LogP contribution in [0.25, 0.3) is 0 Å². The van der Waals surface area contributed by atoms with E-state index >= 15 is 0 Å². The van der Waals surface area contributed by atoms with Crippen LogP contribution in [0, 0.1) is 0 Å². The first-order valence-corrected chi connectivity index (χ1v) is 40.1. The van der Waals surface area contributed by atoms with Crippen molar-refractivity contribution in [1.82, 2.24) is 5.32 Å². The van der Waals surface area contributed by atoms with E-state index in [0.717, 1.165) is 96.3 Å². The van der Waals surface area contributed by atoms with Crippen LogP contribution in [0.3, 0.4) is 0 Å². The Hall–Kier alpha value is -3.55. The summed E-state index contributed by atoms with van der Waals surface area (Å²) in [6.07, 6.45) is 59.2. The molecule has 12 N–H and O–H groups in total. The van der Waals surface area contributed by atoms with E-state index in [1.165, 1.54) is 148 Å². The number of hydrogen-bond acceptors (Lipinski definition) is 18. The number of aliphatic hydroxyl groups is 11. The van der Waals surface area contributed by atoms with Gasteiger partial charge in [0.15, 0.2) is 18.9 Å². The molecule has 3 aliphatic heterocycles. The molecule has 0 saturated carbocycles. The van der Waals surface area contributed by atoms with Crippen molar-refractivity contribution < 1.29 is 89.4 Å². The van der Waals surface area contributed by atoms with Gasteiger partial charge in [0.1, 0.15) is 73.2 Å². The number of aliphatic hydroxyl groups excluding tert-OH is 11. The minimum absolute atomic E-state index is 0.223. The molecule has 0 radical (unpaired) electrons. The predicted molar refractivity (Wildman–Crippen MR) is 406 cm³/mol. The smallest absolute Gasteiger partial charge is 0.220 e. The van der Waals surface area contributed by atoms with Gasteiger partial charge in [0, 0.05) is 6.42 Å². The first kappa shape index (κ1) is 92.7. The number of carbonyl (C=O) groups excluding carboxylic acids is 1. The van der Waals surface area contributed by atoms with Gasteiger partial charge in [0.2, 0.25) is 5.91 Å². The third-order valence-electron chi connectivity index (χ3n) is 19.3. The van der Waals surface area contributed by atoms with Crippen molar-refractivity contribution in [3.8, 4) is 0 Å². The van der Waals surface area contributed by atoms with E-state index in [2.05, 4.69) is 116 Å². The van der Waals surface area contributed by atoms with Crippen molar-refractivity contribution in [1.29, 1.82) is 0 Å². The van der Waals surface area contributed by atoms with Crippen molar-refractivity contribution in [2.45, 2.75) is 381 Å². The van der Waals surface area contributed by atoms with Gasteiger partial charge < -0.3 is 89.9 Å². The van der Waals surface area contributed by atoms with Gasteiger partial charge in [-0.1, -0.05) is 284 Å². The maximum atomic E-state index is 13.5. The van der Waals surface area contributed by atoms with E-state index in [1.807, 2.05) is 6.08 Å². The van der Waals surface area contributed by atoms with Gasteiger partial charge in [0.25, 0.3) is 0 Å². The number of ether oxygens (including phenoxy) is 6. The Morgan fingerprint density at radius 3 is 1.10 bits per heavy atom. The fourth-order valence-electron chi connectivity index (χ4n) is 12.9. The molecular weight excluding hydrogens is 1300 g/mol. The third kappa shape index (κ3) is 42.1. The lowest BCUT2D eigenvalue weighted by Gasteiger charge is -2.48. The number of carbonyl (C=O) groups is 1. The average Bonchev–Trinajstić information content (AvgIpc) is 0.781. The second-order valence-corrected chi connectivity index (χ2v) is 28.1. The Bertz CT molecular complexity index is 2270. The minimum Gasteiger partial charge on any atom is -0.394 e. The van der Waals surface area contributed by atoms with Gasteiger partial charge in [-0.25, -0.2) is 0 Å². The first-order valence-electron chi connectivity index (χ1n) is 40.1. The lowest BCUT2D eigenvalue weighted by Crippen LogP contribution is -2.66. The van der Waals surface area contributed by atoms with E-state index in [-0.39, 0.29) is 18.9 Å². The van der Waals surface area contributed by atoms with Gasteiger partial charge in [0.05, 0.1) is 38.6 Å². The Labute approximate surface area is 615 Å². The third-order valence-corrected chi connectivity index (χ3v) is 19.3. The largest absolute Gasteiger partial charge is 0.394 e. The standard InChI is InChI=1S/C83H143NO18/c1-3-5-7-9-11-13-15-17-19-21-23-25-27-29-31-32-33-34-35-37-39-41-43-45-47-49-51-53-55-57-59-61-71(89)84-66(67(88)60-58-56-54-52-50-48-46-44-42-40-38-36-30-28-26-24-22-20-18-16-14-12-10-8-6-4-2)65-97-81-77(95)74(92)79(69(63-86)99-81)102-83-78(96)75(93)80(70(64-87)100-83)101-82-76(94)73(91)72(90)68(62-85)98-82/h5,7,11,13,17,19,23,25,29,31,33-34,42,44,50,52,58,60,66-70,72-83,85-88,90-96H,3-4,6,8-10,12,14-16,18,20-22,24,26-28,30,32,35-41,43,45-49,51,53-57,59,61-65H2,1-2H3,(H,84,89)/b7-5-,13-11-,19-17-,25-23-,31-29-,34-33-,44-42+,52-50+,60-58+. The molecule has 0 aliphatic carbocycles. The van der Waals surface area contributed by atoms with Crippen LogP contribution in [-0.4, -0.2) is 193 Å². The molecule has 3 saturated heterocycles. The van der Waals surface area contributed by atoms with E-state index < -0.39 is 124 Å². The quantitative estimate of drug-likeness (QED) is 0.0199. The second kappa shape index (κ2) is 62.5. The van der Waals surface area contributed by atoms with Crippen LogP contribution in [0.1, 0.15) is 277 Å². The number of amides is 1. The fourth-order valence-corrected chi connectivity index (χ4v) is 12.9. The SMILES string of the molecule is CC/C=C\C/C=C\C/C=C\C/C=C\C/C=C\C/C=C\CCCCCCCCCCCCCCC(=O)NC(COC1OC(CO)C(OC2OC(CO)C(OC3OC(CO)C(O)C(O)C3O)C(O)C2O)C(O)C1O)C(O)/C=C/CC/C=C/CC/C=C/CCCCCCCCCCCCCCCCCC. The second-order valence-electron chi connectivity index (χ2n) is 28.1. The highest BCUT2D eigenvalue weighted by Crippen LogP contribution is 2.33. The zero-order chi connectivity index (χ0) is 73.9. The molecule has 17 atom stereocenters. The fraction of sp³-hybridized carbons (Fsp3) is 0.771. The summed E-state index contributed by atoms with van der Waals surface area (Å²) >= 11 is 0. The molecule has 588 valence electrons. The topological polar surface area (TPSA) is 307 Å². The van der Waals surface area contributed by atoms with E-state index in [9.17, 15) is 61.0 Å². The summed E-state index contributed by atoms with van der Waals surface area (Å²) < 4.78 is 34.4. The van der Waals surface area contributed by atoms with Gasteiger partial charge in [-0.05, 0) is 96.3 Å². The van der Waals surface area contributed by atoms with Crippen molar-refractivity contribution in [3.63, 3.8) is 0 Å². The molecule has 0 aromatic carbocycles. The molecule has 0 aromatic rings. The molecule has 19 nitrogen and oxygen atoms in total. The predicted octanol–water partition coefficient (Wildman–Crippen LogP) is 13.3. The molecule has 3 heterocycles. The molecule has 19 heteroatoms. The highest BCUT2D eigenvalue weighted by Gasteiger charge is 2.54. The van der Waals surface area contributed by atoms with Gasteiger partial charge >= 0.3 is 0 Å². The van der Waals surface area contributed by atoms with Gasteiger partial charge in [-0.15, -0.1) is 0 Å². The number of allylic oxidation sites excluding steroid dienone is 17. The molecule has 102 heavy (non-hydrogen) atoms. The van der Waals surface area contributed by atoms with Crippen molar-refractivity contribution in [3.05, 3.63) is 109 Å².